The van der Waals surface area contributed by atoms with Crippen molar-refractivity contribution in [3.05, 3.63) is 12.7 Å². The minimum Gasteiger partial charge on any atom is -0.414 e. The molecule has 0 unspecified atom stereocenters. The summed E-state index contributed by atoms with van der Waals surface area (Å²) in [5.74, 6) is 0.141. The van der Waals surface area contributed by atoms with E-state index in [-0.39, 0.29) is 23.2 Å². The minimum absolute atomic E-state index is 0.0887. The van der Waals surface area contributed by atoms with E-state index in [1.807, 2.05) is 6.92 Å². The summed E-state index contributed by atoms with van der Waals surface area (Å²) in [4.78, 5) is 0. The Morgan fingerprint density at radius 2 is 1.76 bits per heavy atom. The predicted molar refractivity (Wildman–Crippen MR) is 77.7 cm³/mol. The van der Waals surface area contributed by atoms with Crippen molar-refractivity contribution in [1.82, 2.24) is 0 Å². The zero-order valence-corrected chi connectivity index (χ0v) is 13.6. The minimum atomic E-state index is -1.74. The Bertz CT molecular complexity index is 243. The van der Waals surface area contributed by atoms with Crippen molar-refractivity contribution in [3.63, 3.8) is 0 Å². The van der Waals surface area contributed by atoms with E-state index in [0.717, 1.165) is 0 Å². The molecule has 2 nitrogen and oxygen atoms in total. The van der Waals surface area contributed by atoms with Crippen LogP contribution in [-0.2, 0) is 4.43 Å². The van der Waals surface area contributed by atoms with Crippen LogP contribution in [0.15, 0.2) is 12.7 Å². The number of rotatable bonds is 6. The first-order valence-electron chi connectivity index (χ1n) is 6.49. The molecular formula is C14H30O2Si. The molecule has 0 bridgehead atoms. The lowest BCUT2D eigenvalue weighted by Gasteiger charge is -2.40. The maximum atomic E-state index is 9.95. The van der Waals surface area contributed by atoms with Crippen molar-refractivity contribution in [2.75, 3.05) is 0 Å². The largest absolute Gasteiger partial charge is 0.414 e. The van der Waals surface area contributed by atoms with Gasteiger partial charge in [0.15, 0.2) is 8.32 Å². The van der Waals surface area contributed by atoms with Gasteiger partial charge >= 0.3 is 0 Å². The van der Waals surface area contributed by atoms with Crippen molar-refractivity contribution in [3.8, 4) is 0 Å². The van der Waals surface area contributed by atoms with Crippen LogP contribution < -0.4 is 0 Å². The monoisotopic (exact) mass is 258 g/mol. The van der Waals surface area contributed by atoms with Gasteiger partial charge < -0.3 is 9.53 Å². The Kier molecular flexibility index (Phi) is 6.12. The number of aliphatic hydroxyl groups excluding tert-OH is 1. The van der Waals surface area contributed by atoms with Gasteiger partial charge in [-0.3, -0.25) is 0 Å². The highest BCUT2D eigenvalue weighted by Crippen LogP contribution is 2.38. The van der Waals surface area contributed by atoms with Gasteiger partial charge in [0, 0.05) is 12.0 Å². The lowest BCUT2D eigenvalue weighted by Crippen LogP contribution is -2.46. The summed E-state index contributed by atoms with van der Waals surface area (Å²) in [6, 6.07) is 0. The van der Waals surface area contributed by atoms with E-state index in [1.54, 1.807) is 6.08 Å². The molecule has 0 amide bonds. The van der Waals surface area contributed by atoms with Crippen molar-refractivity contribution in [1.29, 1.82) is 0 Å². The van der Waals surface area contributed by atoms with Gasteiger partial charge in [-0.2, -0.15) is 0 Å². The molecule has 0 aromatic rings. The van der Waals surface area contributed by atoms with E-state index < -0.39 is 8.32 Å². The quantitative estimate of drug-likeness (QED) is 0.577. The lowest BCUT2D eigenvalue weighted by molar-refractivity contribution is 0.0392. The summed E-state index contributed by atoms with van der Waals surface area (Å²) in [5, 5.41) is 10.2. The van der Waals surface area contributed by atoms with Gasteiger partial charge in [0.25, 0.3) is 0 Å². The number of hydrogen-bond donors (Lipinski definition) is 1. The standard InChI is InChI=1S/C14H30O2Si/c1-9-10-13(15)11(2)12(3)16-17(7,8)14(4,5)6/h9,11-13,15H,1,10H2,2-8H3/t11-,12-,13+/m0/s1. The van der Waals surface area contributed by atoms with Crippen molar-refractivity contribution >= 4 is 8.32 Å². The first-order chi connectivity index (χ1) is 7.53. The molecule has 0 aliphatic carbocycles. The summed E-state index contributed by atoms with van der Waals surface area (Å²) < 4.78 is 6.28. The Hall–Kier alpha value is -0.123. The molecule has 3 atom stereocenters. The summed E-state index contributed by atoms with van der Waals surface area (Å²) in [7, 11) is -1.74. The topological polar surface area (TPSA) is 29.5 Å². The lowest BCUT2D eigenvalue weighted by atomic mass is 9.97. The maximum absolute atomic E-state index is 9.95. The zero-order valence-electron chi connectivity index (χ0n) is 12.6. The Morgan fingerprint density at radius 1 is 1.29 bits per heavy atom. The van der Waals surface area contributed by atoms with Gasteiger partial charge in [0.2, 0.25) is 0 Å². The van der Waals surface area contributed by atoms with E-state index in [4.69, 9.17) is 4.43 Å². The van der Waals surface area contributed by atoms with Gasteiger partial charge in [0.05, 0.1) is 6.10 Å². The van der Waals surface area contributed by atoms with Crippen LogP contribution in [0.25, 0.3) is 0 Å². The summed E-state index contributed by atoms with van der Waals surface area (Å²) in [6.07, 6.45) is 2.13. The van der Waals surface area contributed by atoms with E-state index in [9.17, 15) is 5.11 Å². The van der Waals surface area contributed by atoms with Crippen LogP contribution in [0.2, 0.25) is 18.1 Å². The second-order valence-electron chi connectivity index (χ2n) is 6.53. The maximum Gasteiger partial charge on any atom is 0.192 e. The van der Waals surface area contributed by atoms with E-state index in [2.05, 4.69) is 47.4 Å². The number of hydrogen-bond acceptors (Lipinski definition) is 2. The molecule has 0 radical (unpaired) electrons. The number of aliphatic hydroxyl groups is 1. The Morgan fingerprint density at radius 3 is 2.12 bits per heavy atom. The van der Waals surface area contributed by atoms with Gasteiger partial charge in [0.1, 0.15) is 0 Å². The molecule has 102 valence electrons. The molecule has 0 fully saturated rings. The van der Waals surface area contributed by atoms with Gasteiger partial charge in [-0.1, -0.05) is 33.8 Å². The fourth-order valence-corrected chi connectivity index (χ4v) is 2.94. The molecular weight excluding hydrogens is 228 g/mol. The van der Waals surface area contributed by atoms with Crippen LogP contribution >= 0.6 is 0 Å². The van der Waals surface area contributed by atoms with E-state index in [0.29, 0.717) is 6.42 Å². The van der Waals surface area contributed by atoms with Gasteiger partial charge in [-0.25, -0.2) is 0 Å². The van der Waals surface area contributed by atoms with E-state index in [1.165, 1.54) is 0 Å². The molecule has 1 N–H and O–H groups in total. The SMILES string of the molecule is C=CC[C@@H](O)[C@@H](C)[C@H](C)O[Si](C)(C)C(C)(C)C. The summed E-state index contributed by atoms with van der Waals surface area (Å²) >= 11 is 0. The second-order valence-corrected chi connectivity index (χ2v) is 11.3. The molecule has 3 heteroatoms. The Balaban J connectivity index is 4.53. The van der Waals surface area contributed by atoms with E-state index >= 15 is 0 Å². The van der Waals surface area contributed by atoms with Crippen LogP contribution in [0.1, 0.15) is 41.0 Å². The second kappa shape index (κ2) is 6.16. The van der Waals surface area contributed by atoms with Crippen molar-refractivity contribution in [2.45, 2.75) is 71.4 Å². The average molecular weight is 258 g/mol. The third-order valence-corrected chi connectivity index (χ3v) is 8.62. The Labute approximate surface area is 108 Å². The molecule has 0 aliphatic rings. The third kappa shape index (κ3) is 4.94. The molecule has 0 saturated carbocycles. The summed E-state index contributed by atoms with van der Waals surface area (Å²) in [5.41, 5.74) is 0. The van der Waals surface area contributed by atoms with Gasteiger partial charge in [-0.15, -0.1) is 6.58 Å². The molecule has 0 saturated heterocycles. The first kappa shape index (κ1) is 16.9. The zero-order chi connectivity index (χ0) is 13.9. The molecule has 0 aromatic heterocycles. The molecule has 0 aromatic carbocycles. The van der Waals surface area contributed by atoms with Crippen LogP contribution in [0.5, 0.6) is 0 Å². The van der Waals surface area contributed by atoms with Crippen LogP contribution in [0.4, 0.5) is 0 Å². The fraction of sp³-hybridized carbons (Fsp3) is 0.857. The highest BCUT2D eigenvalue weighted by atomic mass is 28.4. The highest BCUT2D eigenvalue weighted by Gasteiger charge is 2.39. The van der Waals surface area contributed by atoms with Crippen LogP contribution in [0.3, 0.4) is 0 Å². The fourth-order valence-electron chi connectivity index (χ4n) is 1.45. The average Bonchev–Trinajstić information content (AvgIpc) is 2.14. The molecule has 0 heterocycles. The predicted octanol–water partition coefficient (Wildman–Crippen LogP) is 3.97. The normalized spacial score (nSPS) is 18.6. The molecule has 0 rings (SSSR count). The van der Waals surface area contributed by atoms with Crippen LogP contribution in [0, 0.1) is 5.92 Å². The third-order valence-electron chi connectivity index (χ3n) is 4.04. The van der Waals surface area contributed by atoms with Crippen LogP contribution in [-0.4, -0.2) is 25.6 Å². The molecule has 0 spiro atoms. The van der Waals surface area contributed by atoms with Crippen molar-refractivity contribution in [2.24, 2.45) is 5.92 Å². The van der Waals surface area contributed by atoms with Crippen molar-refractivity contribution < 1.29 is 9.53 Å². The highest BCUT2D eigenvalue weighted by molar-refractivity contribution is 6.74. The molecule has 17 heavy (non-hydrogen) atoms. The molecule has 0 aliphatic heterocycles. The first-order valence-corrected chi connectivity index (χ1v) is 9.40. The van der Waals surface area contributed by atoms with Gasteiger partial charge in [-0.05, 0) is 31.5 Å². The summed E-state index contributed by atoms with van der Waals surface area (Å²) in [6.45, 7) is 19.0. The smallest absolute Gasteiger partial charge is 0.192 e.